The summed E-state index contributed by atoms with van der Waals surface area (Å²) in [5, 5.41) is 0. The van der Waals surface area contributed by atoms with Gasteiger partial charge in [-0.15, -0.1) is 0 Å². The molecule has 0 aromatic heterocycles. The van der Waals surface area contributed by atoms with Crippen molar-refractivity contribution < 1.29 is 0 Å². The molecule has 128 valence electrons. The molecule has 0 amide bonds. The first-order valence-electron chi connectivity index (χ1n) is 9.62. The van der Waals surface area contributed by atoms with Crippen molar-refractivity contribution in [1.29, 1.82) is 0 Å². The van der Waals surface area contributed by atoms with Crippen LogP contribution in [0.2, 0.25) is 0 Å². The fourth-order valence-electron chi connectivity index (χ4n) is 3.43. The van der Waals surface area contributed by atoms with Gasteiger partial charge in [0.1, 0.15) is 0 Å². The van der Waals surface area contributed by atoms with Gasteiger partial charge in [0.2, 0.25) is 0 Å². The summed E-state index contributed by atoms with van der Waals surface area (Å²) in [6.07, 6.45) is 15.5. The summed E-state index contributed by atoms with van der Waals surface area (Å²) >= 11 is 0. The molecule has 1 aliphatic carbocycles. The number of allylic oxidation sites excluding steroid dienone is 1. The van der Waals surface area contributed by atoms with Crippen molar-refractivity contribution in [2.24, 2.45) is 4.74 Å². The average Bonchev–Trinajstić information content (AvgIpc) is 2.99. The van der Waals surface area contributed by atoms with E-state index < -0.39 is 7.05 Å². The molecule has 0 saturated carbocycles. The van der Waals surface area contributed by atoms with Gasteiger partial charge in [-0.05, 0) is 56.8 Å². The van der Waals surface area contributed by atoms with Crippen LogP contribution in [-0.4, -0.2) is 18.5 Å². The van der Waals surface area contributed by atoms with Crippen molar-refractivity contribution >= 4 is 12.8 Å². The molecule has 0 saturated heterocycles. The zero-order valence-electron chi connectivity index (χ0n) is 15.4. The molecule has 1 aromatic rings. The number of nitrogens with zero attached hydrogens (tertiary/aromatic N) is 1. The second-order valence-electron chi connectivity index (χ2n) is 6.88. The summed E-state index contributed by atoms with van der Waals surface area (Å²) < 4.78 is 5.53. The number of unbranched alkanes of at least 4 members (excludes halogenated alkanes) is 3. The first-order valence-corrected chi connectivity index (χ1v) is 11.9. The zero-order valence-corrected chi connectivity index (χ0v) is 16.2. The van der Waals surface area contributed by atoms with Crippen LogP contribution >= 0.6 is 7.05 Å². The highest BCUT2D eigenvalue weighted by Gasteiger charge is 2.21. The molecule has 1 nitrogen and oxygen atoms in total. The molecule has 1 aliphatic rings. The smallest absolute Gasteiger partial charge is 0.0652 e. The van der Waals surface area contributed by atoms with Gasteiger partial charge in [0, 0.05) is 5.56 Å². The first kappa shape index (κ1) is 18.5. The van der Waals surface area contributed by atoms with E-state index in [4.69, 9.17) is 4.74 Å². The summed E-state index contributed by atoms with van der Waals surface area (Å²) in [5.41, 5.74) is 4.18. The third-order valence-electron chi connectivity index (χ3n) is 4.91. The molecule has 0 fully saturated rings. The lowest BCUT2D eigenvalue weighted by Gasteiger charge is -2.25. The molecule has 0 heterocycles. The maximum absolute atomic E-state index is 5.53. The highest BCUT2D eigenvalue weighted by molar-refractivity contribution is 7.66. The molecule has 0 aliphatic heterocycles. The van der Waals surface area contributed by atoms with Crippen LogP contribution in [0.25, 0.3) is 5.70 Å². The Labute approximate surface area is 143 Å². The fourth-order valence-corrected chi connectivity index (χ4v) is 7.76. The third kappa shape index (κ3) is 5.08. The first-order chi connectivity index (χ1) is 11.2. The van der Waals surface area contributed by atoms with E-state index in [1.165, 1.54) is 73.8 Å². The van der Waals surface area contributed by atoms with Gasteiger partial charge < -0.3 is 0 Å². The Bertz CT molecular complexity index is 542. The van der Waals surface area contributed by atoms with Crippen molar-refractivity contribution in [2.45, 2.75) is 65.7 Å². The Kier molecular flexibility index (Phi) is 7.63. The lowest BCUT2D eigenvalue weighted by atomic mass is 10.1. The van der Waals surface area contributed by atoms with Gasteiger partial charge in [-0.25, -0.2) is 0 Å². The summed E-state index contributed by atoms with van der Waals surface area (Å²) in [7, 11) is -1.19. The summed E-state index contributed by atoms with van der Waals surface area (Å²) in [5.74, 6) is 0. The average molecular weight is 331 g/mol. The largest absolute Gasteiger partial charge is 0.267 e. The Balaban J connectivity index is 2.33. The molecule has 0 N–H and O–H groups in total. The van der Waals surface area contributed by atoms with Crippen molar-refractivity contribution in [1.82, 2.24) is 0 Å². The highest BCUT2D eigenvalue weighted by Crippen LogP contribution is 2.54. The van der Waals surface area contributed by atoms with Crippen LogP contribution in [0.3, 0.4) is 0 Å². The molecule has 0 radical (unpaired) electrons. The maximum atomic E-state index is 5.53. The molecular formula is C21H34NP. The van der Waals surface area contributed by atoms with Crippen LogP contribution in [0.5, 0.6) is 0 Å². The van der Waals surface area contributed by atoms with E-state index in [2.05, 4.69) is 51.1 Å². The van der Waals surface area contributed by atoms with E-state index in [9.17, 15) is 0 Å². The Hall–Kier alpha value is -0.810. The quantitative estimate of drug-likeness (QED) is 0.402. The molecule has 23 heavy (non-hydrogen) atoms. The Morgan fingerprint density at radius 3 is 2.00 bits per heavy atom. The minimum absolute atomic E-state index is 1.07. The third-order valence-corrected chi connectivity index (χ3v) is 9.00. The number of rotatable bonds is 10. The Morgan fingerprint density at radius 2 is 1.43 bits per heavy atom. The molecule has 0 atom stereocenters. The van der Waals surface area contributed by atoms with Gasteiger partial charge in [-0.3, -0.25) is 4.74 Å². The topological polar surface area (TPSA) is 12.4 Å². The maximum Gasteiger partial charge on any atom is 0.0652 e. The molecule has 0 bridgehead atoms. The normalized spacial score (nSPS) is 13.8. The number of hydrogen-bond acceptors (Lipinski definition) is 1. The predicted molar refractivity (Wildman–Crippen MR) is 107 cm³/mol. The number of benzene rings is 1. The second kappa shape index (κ2) is 9.48. The SMILES string of the molecule is CCCCP(CCCC)(CCCC)=NC1=CCc2ccccc21. The predicted octanol–water partition coefficient (Wildman–Crippen LogP) is 7.19. The van der Waals surface area contributed by atoms with Crippen LogP contribution in [0, 0.1) is 0 Å². The van der Waals surface area contributed by atoms with Crippen LogP contribution in [0.1, 0.15) is 70.4 Å². The van der Waals surface area contributed by atoms with Gasteiger partial charge in [0.05, 0.1) is 5.70 Å². The number of fused-ring (bicyclic) bond motifs is 1. The van der Waals surface area contributed by atoms with Crippen molar-refractivity contribution in [2.75, 3.05) is 18.5 Å². The summed E-state index contributed by atoms with van der Waals surface area (Å²) in [6.45, 7) is 6.95. The lowest BCUT2D eigenvalue weighted by Crippen LogP contribution is -2.02. The summed E-state index contributed by atoms with van der Waals surface area (Å²) in [4.78, 5) is 0. The zero-order chi connectivity index (χ0) is 16.5. The van der Waals surface area contributed by atoms with Gasteiger partial charge >= 0.3 is 0 Å². The van der Waals surface area contributed by atoms with E-state index >= 15 is 0 Å². The Morgan fingerprint density at radius 1 is 0.870 bits per heavy atom. The molecule has 2 heteroatoms. The van der Waals surface area contributed by atoms with Crippen LogP contribution in [-0.2, 0) is 6.42 Å². The molecule has 1 aromatic carbocycles. The van der Waals surface area contributed by atoms with E-state index in [-0.39, 0.29) is 0 Å². The molecule has 0 unspecified atom stereocenters. The monoisotopic (exact) mass is 331 g/mol. The van der Waals surface area contributed by atoms with Gasteiger partial charge in [0.25, 0.3) is 0 Å². The van der Waals surface area contributed by atoms with Gasteiger partial charge in [0.15, 0.2) is 0 Å². The molecule has 2 rings (SSSR count). The number of hydrogen-bond donors (Lipinski definition) is 0. The minimum Gasteiger partial charge on any atom is -0.267 e. The van der Waals surface area contributed by atoms with Gasteiger partial charge in [-0.1, -0.05) is 70.4 Å². The standard InChI is InChI=1S/C21H34NP/c1-4-7-16-23(17-8-5-2,18-9-6-3)22-21-15-14-19-12-10-11-13-20(19)21/h10-13,15H,4-9,14,16-18H2,1-3H3. The van der Waals surface area contributed by atoms with E-state index in [0.717, 1.165) is 6.42 Å². The fraction of sp³-hybridized carbons (Fsp3) is 0.619. The highest BCUT2D eigenvalue weighted by atomic mass is 31.2. The minimum atomic E-state index is -1.19. The van der Waals surface area contributed by atoms with Crippen molar-refractivity contribution in [3.8, 4) is 0 Å². The van der Waals surface area contributed by atoms with E-state index in [0.29, 0.717) is 0 Å². The van der Waals surface area contributed by atoms with E-state index in [1.807, 2.05) is 0 Å². The molecular weight excluding hydrogens is 297 g/mol. The van der Waals surface area contributed by atoms with E-state index in [1.54, 1.807) is 0 Å². The van der Waals surface area contributed by atoms with Crippen LogP contribution < -0.4 is 0 Å². The second-order valence-corrected chi connectivity index (χ2v) is 10.6. The van der Waals surface area contributed by atoms with Crippen molar-refractivity contribution in [3.63, 3.8) is 0 Å². The molecule has 0 spiro atoms. The van der Waals surface area contributed by atoms with Crippen LogP contribution in [0.4, 0.5) is 0 Å². The van der Waals surface area contributed by atoms with Crippen LogP contribution in [0.15, 0.2) is 35.1 Å². The van der Waals surface area contributed by atoms with Crippen molar-refractivity contribution in [3.05, 3.63) is 41.5 Å². The lowest BCUT2D eigenvalue weighted by molar-refractivity contribution is 0.840. The van der Waals surface area contributed by atoms with Gasteiger partial charge in [-0.2, -0.15) is 0 Å². The summed E-state index contributed by atoms with van der Waals surface area (Å²) in [6, 6.07) is 8.85.